The molecule has 0 aliphatic carbocycles. The van der Waals surface area contributed by atoms with Crippen LogP contribution < -0.4 is 4.74 Å². The molecule has 0 unspecified atom stereocenters. The van der Waals surface area contributed by atoms with Crippen molar-refractivity contribution in [2.75, 3.05) is 7.11 Å². The largest absolute Gasteiger partial charge is 0.497 e. The van der Waals surface area contributed by atoms with Crippen LogP contribution in [0, 0.1) is 0 Å². The molecule has 72 valence electrons. The van der Waals surface area contributed by atoms with Gasteiger partial charge in [0.1, 0.15) is 5.75 Å². The second-order valence-corrected chi connectivity index (χ2v) is 3.22. The van der Waals surface area contributed by atoms with E-state index >= 15 is 0 Å². The number of methoxy groups -OCH3 is 1. The maximum absolute atomic E-state index is 5.15. The quantitative estimate of drug-likeness (QED) is 0.734. The van der Waals surface area contributed by atoms with Crippen LogP contribution in [0.15, 0.2) is 37.1 Å². The van der Waals surface area contributed by atoms with Crippen molar-refractivity contribution in [3.63, 3.8) is 0 Å². The minimum atomic E-state index is 0.879. The number of rotatable bonds is 3. The van der Waals surface area contributed by atoms with E-state index in [4.69, 9.17) is 4.74 Å². The van der Waals surface area contributed by atoms with Gasteiger partial charge in [-0.3, -0.25) is 0 Å². The van der Waals surface area contributed by atoms with Gasteiger partial charge in [-0.15, -0.1) is 6.58 Å². The normalized spacial score (nSPS) is 10.4. The van der Waals surface area contributed by atoms with Gasteiger partial charge in [-0.25, -0.2) is 0 Å². The number of benzene rings is 1. The number of H-pyrrole nitrogens is 1. The smallest absolute Gasteiger partial charge is 0.120 e. The molecule has 0 saturated heterocycles. The van der Waals surface area contributed by atoms with E-state index in [0.717, 1.165) is 17.7 Å². The Morgan fingerprint density at radius 3 is 3.07 bits per heavy atom. The molecule has 0 fully saturated rings. The molecule has 0 aliphatic heterocycles. The summed E-state index contributed by atoms with van der Waals surface area (Å²) in [7, 11) is 1.68. The molecule has 0 radical (unpaired) electrons. The molecule has 0 aliphatic rings. The molecular weight excluding hydrogens is 174 g/mol. The number of aromatic nitrogens is 1. The summed E-state index contributed by atoms with van der Waals surface area (Å²) < 4.78 is 5.15. The number of hydrogen-bond acceptors (Lipinski definition) is 1. The van der Waals surface area contributed by atoms with Gasteiger partial charge in [0.25, 0.3) is 0 Å². The Morgan fingerprint density at radius 2 is 2.36 bits per heavy atom. The number of fused-ring (bicyclic) bond motifs is 1. The zero-order valence-corrected chi connectivity index (χ0v) is 8.21. The van der Waals surface area contributed by atoms with Crippen LogP contribution in [0.25, 0.3) is 10.9 Å². The zero-order chi connectivity index (χ0) is 9.97. The van der Waals surface area contributed by atoms with E-state index in [2.05, 4.69) is 17.6 Å². The van der Waals surface area contributed by atoms with Crippen molar-refractivity contribution in [1.29, 1.82) is 0 Å². The molecule has 0 saturated carbocycles. The van der Waals surface area contributed by atoms with Crippen molar-refractivity contribution in [2.24, 2.45) is 0 Å². The van der Waals surface area contributed by atoms with E-state index in [1.165, 1.54) is 10.9 Å². The molecule has 1 aromatic heterocycles. The summed E-state index contributed by atoms with van der Waals surface area (Å²) in [5, 5.41) is 1.24. The second-order valence-electron chi connectivity index (χ2n) is 3.22. The number of ether oxygens (including phenoxy) is 1. The summed E-state index contributed by atoms with van der Waals surface area (Å²) in [4.78, 5) is 3.22. The molecular formula is C12H13NO. The zero-order valence-electron chi connectivity index (χ0n) is 8.21. The maximum atomic E-state index is 5.15. The van der Waals surface area contributed by atoms with Crippen molar-refractivity contribution in [3.8, 4) is 5.75 Å². The molecule has 1 aromatic carbocycles. The second kappa shape index (κ2) is 3.58. The van der Waals surface area contributed by atoms with Crippen molar-refractivity contribution < 1.29 is 4.74 Å². The minimum Gasteiger partial charge on any atom is -0.497 e. The highest BCUT2D eigenvalue weighted by Crippen LogP contribution is 2.23. The topological polar surface area (TPSA) is 25.0 Å². The van der Waals surface area contributed by atoms with Crippen molar-refractivity contribution in [2.45, 2.75) is 6.42 Å². The SMILES string of the molecule is C=CCc1c[nH]c2cc(OC)ccc12. The van der Waals surface area contributed by atoms with Crippen LogP contribution in [0.3, 0.4) is 0 Å². The summed E-state index contributed by atoms with van der Waals surface area (Å²) in [5.74, 6) is 0.879. The summed E-state index contributed by atoms with van der Waals surface area (Å²) in [5.41, 5.74) is 2.39. The predicted octanol–water partition coefficient (Wildman–Crippen LogP) is 2.91. The highest BCUT2D eigenvalue weighted by Gasteiger charge is 2.02. The average molecular weight is 187 g/mol. The fraction of sp³-hybridized carbons (Fsp3) is 0.167. The van der Waals surface area contributed by atoms with Crippen LogP contribution in [0.4, 0.5) is 0 Å². The van der Waals surface area contributed by atoms with Crippen molar-refractivity contribution in [1.82, 2.24) is 4.98 Å². The number of nitrogens with one attached hydrogen (secondary N) is 1. The van der Waals surface area contributed by atoms with Gasteiger partial charge in [0, 0.05) is 23.2 Å². The fourth-order valence-electron chi connectivity index (χ4n) is 1.62. The summed E-state index contributed by atoms with van der Waals surface area (Å²) in [6.07, 6.45) is 4.82. The predicted molar refractivity (Wildman–Crippen MR) is 58.8 cm³/mol. The fourth-order valence-corrected chi connectivity index (χ4v) is 1.62. The average Bonchev–Trinajstić information content (AvgIpc) is 2.61. The van der Waals surface area contributed by atoms with E-state index < -0.39 is 0 Å². The first-order valence-corrected chi connectivity index (χ1v) is 4.60. The van der Waals surface area contributed by atoms with Gasteiger partial charge in [0.15, 0.2) is 0 Å². The minimum absolute atomic E-state index is 0.879. The summed E-state index contributed by atoms with van der Waals surface area (Å²) >= 11 is 0. The molecule has 2 nitrogen and oxygen atoms in total. The molecule has 2 heteroatoms. The Kier molecular flexibility index (Phi) is 2.27. The summed E-state index contributed by atoms with van der Waals surface area (Å²) in [6.45, 7) is 3.74. The van der Waals surface area contributed by atoms with Gasteiger partial charge < -0.3 is 9.72 Å². The molecule has 1 N–H and O–H groups in total. The van der Waals surface area contributed by atoms with Crippen molar-refractivity contribution in [3.05, 3.63) is 42.6 Å². The van der Waals surface area contributed by atoms with Crippen molar-refractivity contribution >= 4 is 10.9 Å². The summed E-state index contributed by atoms with van der Waals surface area (Å²) in [6, 6.07) is 6.05. The van der Waals surface area contributed by atoms with Gasteiger partial charge in [-0.2, -0.15) is 0 Å². The monoisotopic (exact) mass is 187 g/mol. The molecule has 0 bridgehead atoms. The molecule has 0 spiro atoms. The van der Waals surface area contributed by atoms with Gasteiger partial charge in [0.05, 0.1) is 7.11 Å². The first kappa shape index (κ1) is 8.88. The van der Waals surface area contributed by atoms with Gasteiger partial charge in [0.2, 0.25) is 0 Å². The first-order valence-electron chi connectivity index (χ1n) is 4.60. The van der Waals surface area contributed by atoms with Crippen LogP contribution in [-0.4, -0.2) is 12.1 Å². The highest BCUT2D eigenvalue weighted by atomic mass is 16.5. The molecule has 0 atom stereocenters. The molecule has 14 heavy (non-hydrogen) atoms. The lowest BCUT2D eigenvalue weighted by atomic mass is 10.1. The third-order valence-electron chi connectivity index (χ3n) is 2.34. The Morgan fingerprint density at radius 1 is 1.50 bits per heavy atom. The standard InChI is InChI=1S/C12H13NO/c1-3-4-9-8-13-12-7-10(14-2)5-6-11(9)12/h3,5-8,13H,1,4H2,2H3. The van der Waals surface area contributed by atoms with Crippen LogP contribution >= 0.6 is 0 Å². The molecule has 2 rings (SSSR count). The Hall–Kier alpha value is -1.70. The third kappa shape index (κ3) is 1.39. The van der Waals surface area contributed by atoms with Crippen LogP contribution in [0.1, 0.15) is 5.56 Å². The Balaban J connectivity index is 2.53. The van der Waals surface area contributed by atoms with E-state index in [1.54, 1.807) is 7.11 Å². The van der Waals surface area contributed by atoms with Gasteiger partial charge >= 0.3 is 0 Å². The molecule has 0 amide bonds. The highest BCUT2D eigenvalue weighted by molar-refractivity contribution is 5.84. The lowest BCUT2D eigenvalue weighted by Crippen LogP contribution is -1.82. The van der Waals surface area contributed by atoms with Crippen LogP contribution in [-0.2, 0) is 6.42 Å². The van der Waals surface area contributed by atoms with Gasteiger partial charge in [-0.1, -0.05) is 6.08 Å². The van der Waals surface area contributed by atoms with E-state index in [1.807, 2.05) is 24.4 Å². The molecule has 1 heterocycles. The Bertz CT molecular complexity index is 456. The number of allylic oxidation sites excluding steroid dienone is 1. The van der Waals surface area contributed by atoms with E-state index in [0.29, 0.717) is 0 Å². The lowest BCUT2D eigenvalue weighted by molar-refractivity contribution is 0.415. The van der Waals surface area contributed by atoms with Crippen LogP contribution in [0.5, 0.6) is 5.75 Å². The number of aromatic amines is 1. The molecule has 2 aromatic rings. The Labute approximate surface area is 83.2 Å². The van der Waals surface area contributed by atoms with Crippen LogP contribution in [0.2, 0.25) is 0 Å². The van der Waals surface area contributed by atoms with E-state index in [-0.39, 0.29) is 0 Å². The number of hydrogen-bond donors (Lipinski definition) is 1. The lowest BCUT2D eigenvalue weighted by Gasteiger charge is -1.99. The third-order valence-corrected chi connectivity index (χ3v) is 2.34. The van der Waals surface area contributed by atoms with Gasteiger partial charge in [-0.05, 0) is 24.1 Å². The first-order chi connectivity index (χ1) is 6.85. The van der Waals surface area contributed by atoms with E-state index in [9.17, 15) is 0 Å². The maximum Gasteiger partial charge on any atom is 0.120 e.